The molecule has 0 heterocycles. The molecule has 0 bridgehead atoms. The first-order valence-corrected chi connectivity index (χ1v) is 12.4. The van der Waals surface area contributed by atoms with Crippen LogP contribution >= 0.6 is 0 Å². The minimum atomic E-state index is -3.90. The Balaban J connectivity index is 1.74. The second-order valence-electron chi connectivity index (χ2n) is 8.30. The van der Waals surface area contributed by atoms with Crippen LogP contribution in [0.1, 0.15) is 43.0 Å². The van der Waals surface area contributed by atoms with Crippen LogP contribution in [0.2, 0.25) is 0 Å². The smallest absolute Gasteiger partial charge is 0.338 e. The number of nitrogens with zero attached hydrogens (tertiary/aromatic N) is 1. The number of benzene rings is 3. The fourth-order valence-electron chi connectivity index (χ4n) is 3.86. The molecule has 0 aromatic heterocycles. The topological polar surface area (TPSA) is 90.0 Å². The molecule has 35 heavy (non-hydrogen) atoms. The molecule has 184 valence electrons. The highest BCUT2D eigenvalue weighted by Gasteiger charge is 2.24. The number of hydrogen-bond acceptors (Lipinski definition) is 6. The molecule has 0 saturated heterocycles. The number of aryl methyl sites for hydroxylation is 2. The van der Waals surface area contributed by atoms with Gasteiger partial charge in [0, 0.05) is 12.6 Å². The van der Waals surface area contributed by atoms with E-state index in [1.165, 1.54) is 38.4 Å². The number of hydrogen-bond donors (Lipinski definition) is 0. The molecule has 0 fully saturated rings. The molecule has 0 aliphatic rings. The highest BCUT2D eigenvalue weighted by Crippen LogP contribution is 2.31. The number of carbonyl (C=O) groups is 2. The van der Waals surface area contributed by atoms with Gasteiger partial charge in [0.1, 0.15) is 5.75 Å². The molecule has 3 rings (SSSR count). The van der Waals surface area contributed by atoms with Gasteiger partial charge in [-0.05, 0) is 86.3 Å². The number of methoxy groups -OCH3 is 1. The summed E-state index contributed by atoms with van der Waals surface area (Å²) in [6.45, 7) is 7.22. The molecular formula is C27H29NO6S. The van der Waals surface area contributed by atoms with Crippen molar-refractivity contribution in [3.05, 3.63) is 88.0 Å². The number of ketones is 1. The predicted molar refractivity (Wildman–Crippen MR) is 135 cm³/mol. The van der Waals surface area contributed by atoms with Crippen LogP contribution in [0.4, 0.5) is 5.69 Å². The van der Waals surface area contributed by atoms with Gasteiger partial charge in [-0.25, -0.2) is 13.2 Å². The molecule has 0 amide bonds. The van der Waals surface area contributed by atoms with E-state index in [4.69, 9.17) is 9.47 Å². The van der Waals surface area contributed by atoms with Crippen molar-refractivity contribution in [1.29, 1.82) is 0 Å². The van der Waals surface area contributed by atoms with Gasteiger partial charge in [0.2, 0.25) is 5.78 Å². The van der Waals surface area contributed by atoms with E-state index in [-0.39, 0.29) is 16.2 Å². The minimum absolute atomic E-state index is 0.0000167. The van der Waals surface area contributed by atoms with Crippen molar-refractivity contribution in [2.75, 3.05) is 25.1 Å². The summed E-state index contributed by atoms with van der Waals surface area (Å²) in [7, 11) is -1.01. The largest absolute Gasteiger partial charge is 0.495 e. The quantitative estimate of drug-likeness (QED) is 0.330. The Morgan fingerprint density at radius 1 is 0.886 bits per heavy atom. The molecule has 8 heteroatoms. The zero-order valence-corrected chi connectivity index (χ0v) is 21.5. The van der Waals surface area contributed by atoms with Crippen LogP contribution in [0.5, 0.6) is 5.75 Å². The Labute approximate surface area is 206 Å². The summed E-state index contributed by atoms with van der Waals surface area (Å²) < 4.78 is 37.8. The van der Waals surface area contributed by atoms with Gasteiger partial charge in [0.15, 0.2) is 6.61 Å². The van der Waals surface area contributed by atoms with E-state index in [2.05, 4.69) is 0 Å². The first kappa shape index (κ1) is 26.0. The average Bonchev–Trinajstić information content (AvgIpc) is 2.85. The maximum absolute atomic E-state index is 13.1. The molecule has 3 aromatic rings. The summed E-state index contributed by atoms with van der Waals surface area (Å²) in [4.78, 5) is 25.3. The van der Waals surface area contributed by atoms with E-state index in [0.29, 0.717) is 17.0 Å². The lowest BCUT2D eigenvalue weighted by Gasteiger charge is -2.21. The van der Waals surface area contributed by atoms with Gasteiger partial charge >= 0.3 is 5.97 Å². The summed E-state index contributed by atoms with van der Waals surface area (Å²) >= 11 is 0. The van der Waals surface area contributed by atoms with Crippen LogP contribution < -0.4 is 9.04 Å². The second kappa shape index (κ2) is 10.3. The summed E-state index contributed by atoms with van der Waals surface area (Å²) in [6.07, 6.45) is 0. The van der Waals surface area contributed by atoms with E-state index in [1.54, 1.807) is 24.3 Å². The Morgan fingerprint density at radius 2 is 1.46 bits per heavy atom. The Morgan fingerprint density at radius 3 is 2.03 bits per heavy atom. The summed E-state index contributed by atoms with van der Waals surface area (Å²) in [5, 5.41) is 0. The third-order valence-corrected chi connectivity index (χ3v) is 7.94. The van der Waals surface area contributed by atoms with Crippen LogP contribution in [0.3, 0.4) is 0 Å². The molecule has 0 N–H and O–H groups in total. The van der Waals surface area contributed by atoms with Crippen molar-refractivity contribution in [3.63, 3.8) is 0 Å². The average molecular weight is 496 g/mol. The van der Waals surface area contributed by atoms with E-state index in [0.717, 1.165) is 26.6 Å². The maximum atomic E-state index is 13.1. The van der Waals surface area contributed by atoms with Crippen molar-refractivity contribution in [3.8, 4) is 5.75 Å². The first-order valence-electron chi connectivity index (χ1n) is 11.0. The van der Waals surface area contributed by atoms with Crippen LogP contribution in [0.25, 0.3) is 0 Å². The molecule has 0 saturated carbocycles. The third-order valence-electron chi connectivity index (χ3n) is 6.15. The molecule has 0 aliphatic carbocycles. The SMILES string of the molecule is COc1ccccc1N(C)S(=O)(=O)c1ccc(C(=O)OCC(=O)c2c(C)c(C)cc(C)c2C)cc1. The number of carbonyl (C=O) groups excluding carboxylic acids is 2. The fraction of sp³-hybridized carbons (Fsp3) is 0.259. The van der Waals surface area contributed by atoms with E-state index >= 15 is 0 Å². The number of rotatable bonds is 8. The monoisotopic (exact) mass is 495 g/mol. The van der Waals surface area contributed by atoms with Crippen LogP contribution in [-0.4, -0.2) is 40.9 Å². The Kier molecular flexibility index (Phi) is 7.65. The molecular weight excluding hydrogens is 466 g/mol. The van der Waals surface area contributed by atoms with Crippen molar-refractivity contribution in [2.45, 2.75) is 32.6 Å². The highest BCUT2D eigenvalue weighted by molar-refractivity contribution is 7.92. The lowest BCUT2D eigenvalue weighted by atomic mass is 9.92. The van der Waals surface area contributed by atoms with Crippen molar-refractivity contribution < 1.29 is 27.5 Å². The van der Waals surface area contributed by atoms with Gasteiger partial charge in [-0.1, -0.05) is 18.2 Å². The molecule has 0 spiro atoms. The lowest BCUT2D eigenvalue weighted by molar-refractivity contribution is 0.0474. The van der Waals surface area contributed by atoms with Crippen molar-refractivity contribution >= 4 is 27.5 Å². The Hall–Kier alpha value is -3.65. The summed E-state index contributed by atoms with van der Waals surface area (Å²) in [6, 6.07) is 14.2. The lowest BCUT2D eigenvalue weighted by Crippen LogP contribution is -2.27. The minimum Gasteiger partial charge on any atom is -0.495 e. The zero-order chi connectivity index (χ0) is 25.9. The molecule has 3 aromatic carbocycles. The van der Waals surface area contributed by atoms with Crippen molar-refractivity contribution in [1.82, 2.24) is 0 Å². The molecule has 0 unspecified atom stereocenters. The standard InChI is InChI=1S/C27H29NO6S/c1-17-15-18(2)20(4)26(19(17)3)24(29)16-34-27(30)21-11-13-22(14-12-21)35(31,32)28(5)23-9-7-8-10-25(23)33-6/h7-15H,16H2,1-6H3. The third kappa shape index (κ3) is 5.22. The van der Waals surface area contributed by atoms with Gasteiger partial charge in [-0.15, -0.1) is 0 Å². The van der Waals surface area contributed by atoms with Crippen molar-refractivity contribution in [2.24, 2.45) is 0 Å². The molecule has 0 atom stereocenters. The van der Waals surface area contributed by atoms with Crippen LogP contribution in [0, 0.1) is 27.7 Å². The summed E-state index contributed by atoms with van der Waals surface area (Å²) in [5.41, 5.74) is 4.82. The van der Waals surface area contributed by atoms with Gasteiger partial charge < -0.3 is 9.47 Å². The first-order chi connectivity index (χ1) is 16.5. The molecule has 7 nitrogen and oxygen atoms in total. The van der Waals surface area contributed by atoms with E-state index in [1.807, 2.05) is 33.8 Å². The fourth-order valence-corrected chi connectivity index (χ4v) is 5.07. The number of ether oxygens (including phenoxy) is 2. The number of para-hydroxylation sites is 2. The van der Waals surface area contributed by atoms with Gasteiger partial charge in [0.25, 0.3) is 10.0 Å². The molecule has 0 aliphatic heterocycles. The second-order valence-corrected chi connectivity index (χ2v) is 10.3. The molecule has 0 radical (unpaired) electrons. The predicted octanol–water partition coefficient (Wildman–Crippen LogP) is 4.79. The van der Waals surface area contributed by atoms with Gasteiger partial charge in [-0.2, -0.15) is 0 Å². The van der Waals surface area contributed by atoms with E-state index < -0.39 is 22.6 Å². The summed E-state index contributed by atoms with van der Waals surface area (Å²) in [5.74, 6) is -0.574. The van der Waals surface area contributed by atoms with Gasteiger partial charge in [-0.3, -0.25) is 9.10 Å². The Bertz CT molecular complexity index is 1350. The van der Waals surface area contributed by atoms with Crippen LogP contribution in [0.15, 0.2) is 59.5 Å². The maximum Gasteiger partial charge on any atom is 0.338 e. The number of anilines is 1. The normalized spacial score (nSPS) is 11.1. The van der Waals surface area contributed by atoms with Gasteiger partial charge in [0.05, 0.1) is 23.3 Å². The van der Waals surface area contributed by atoms with E-state index in [9.17, 15) is 18.0 Å². The number of Topliss-reactive ketones (excluding diaryl/α,β-unsaturated/α-hetero) is 1. The van der Waals surface area contributed by atoms with Crippen LogP contribution in [-0.2, 0) is 14.8 Å². The zero-order valence-electron chi connectivity index (χ0n) is 20.7. The highest BCUT2D eigenvalue weighted by atomic mass is 32.2. The number of esters is 1. The number of sulfonamides is 1.